The Hall–Kier alpha value is -1.83. The lowest BCUT2D eigenvalue weighted by Gasteiger charge is -2.09. The first-order chi connectivity index (χ1) is 9.33. The maximum atomic E-state index is 11.9. The van der Waals surface area contributed by atoms with Gasteiger partial charge in [0.2, 0.25) is 0 Å². The number of halogens is 3. The van der Waals surface area contributed by atoms with Crippen LogP contribution in [0.3, 0.4) is 0 Å². The van der Waals surface area contributed by atoms with Crippen LogP contribution in [0.4, 0.5) is 24.5 Å². The Morgan fingerprint density at radius 2 is 2.10 bits per heavy atom. The molecular formula is C12H15F3N2O3. The van der Waals surface area contributed by atoms with E-state index in [9.17, 15) is 23.3 Å². The summed E-state index contributed by atoms with van der Waals surface area (Å²) in [6, 6.07) is 4.40. The molecule has 0 unspecified atom stereocenters. The molecule has 0 amide bonds. The zero-order valence-corrected chi connectivity index (χ0v) is 10.9. The van der Waals surface area contributed by atoms with Gasteiger partial charge < -0.3 is 10.1 Å². The van der Waals surface area contributed by atoms with Crippen LogP contribution in [0.2, 0.25) is 0 Å². The lowest BCUT2D eigenvalue weighted by Crippen LogP contribution is -2.11. The van der Waals surface area contributed by atoms with Crippen molar-refractivity contribution in [2.75, 3.05) is 18.5 Å². The van der Waals surface area contributed by atoms with E-state index in [1.165, 1.54) is 12.1 Å². The lowest BCUT2D eigenvalue weighted by molar-refractivity contribution is -0.384. The Morgan fingerprint density at radius 3 is 2.65 bits per heavy atom. The molecule has 0 aromatic heterocycles. The standard InChI is InChI=1S/C12H15F3N2O3/c1-2-16-10-4-3-9(7-11(10)17(18)19)8-20-6-5-12(13,14)15/h3-4,7,16H,2,5-6,8H2,1H3. The highest BCUT2D eigenvalue weighted by Gasteiger charge is 2.26. The van der Waals surface area contributed by atoms with Gasteiger partial charge in [-0.3, -0.25) is 10.1 Å². The van der Waals surface area contributed by atoms with Crippen molar-refractivity contribution >= 4 is 11.4 Å². The molecule has 112 valence electrons. The van der Waals surface area contributed by atoms with Crippen LogP contribution in [0.25, 0.3) is 0 Å². The monoisotopic (exact) mass is 292 g/mol. The maximum Gasteiger partial charge on any atom is 0.391 e. The molecule has 1 N–H and O–H groups in total. The van der Waals surface area contributed by atoms with Gasteiger partial charge in [0.15, 0.2) is 0 Å². The van der Waals surface area contributed by atoms with Crippen LogP contribution in [0.1, 0.15) is 18.9 Å². The molecule has 0 spiro atoms. The summed E-state index contributed by atoms with van der Waals surface area (Å²) >= 11 is 0. The average molecular weight is 292 g/mol. The highest BCUT2D eigenvalue weighted by Crippen LogP contribution is 2.26. The Labute approximate surface area is 113 Å². The summed E-state index contributed by atoms with van der Waals surface area (Å²) in [5, 5.41) is 13.7. The minimum Gasteiger partial charge on any atom is -0.380 e. The molecular weight excluding hydrogens is 277 g/mol. The molecule has 0 aliphatic heterocycles. The zero-order valence-electron chi connectivity index (χ0n) is 10.9. The van der Waals surface area contributed by atoms with Gasteiger partial charge in [-0.1, -0.05) is 6.07 Å². The molecule has 8 heteroatoms. The largest absolute Gasteiger partial charge is 0.391 e. The number of ether oxygens (including phenoxy) is 1. The molecule has 0 aliphatic rings. The number of hydrogen-bond donors (Lipinski definition) is 1. The van der Waals surface area contributed by atoms with E-state index in [-0.39, 0.29) is 12.3 Å². The number of nitrogens with one attached hydrogen (secondary N) is 1. The molecule has 1 aromatic carbocycles. The molecule has 5 nitrogen and oxygen atoms in total. The van der Waals surface area contributed by atoms with Crippen molar-refractivity contribution in [2.45, 2.75) is 26.1 Å². The Morgan fingerprint density at radius 1 is 1.40 bits per heavy atom. The Bertz CT molecular complexity index is 464. The van der Waals surface area contributed by atoms with Gasteiger partial charge in [0.25, 0.3) is 5.69 Å². The topological polar surface area (TPSA) is 64.4 Å². The normalized spacial score (nSPS) is 11.4. The van der Waals surface area contributed by atoms with E-state index in [1.807, 2.05) is 0 Å². The third-order valence-corrected chi connectivity index (χ3v) is 2.42. The summed E-state index contributed by atoms with van der Waals surface area (Å²) in [6.07, 6.45) is -5.30. The first-order valence-corrected chi connectivity index (χ1v) is 5.99. The SMILES string of the molecule is CCNc1ccc(COCCC(F)(F)F)cc1[N+](=O)[O-]. The highest BCUT2D eigenvalue weighted by molar-refractivity contribution is 5.62. The number of nitrogens with zero attached hydrogens (tertiary/aromatic N) is 1. The van der Waals surface area contributed by atoms with Crippen LogP contribution < -0.4 is 5.32 Å². The fourth-order valence-corrected chi connectivity index (χ4v) is 1.54. The molecule has 0 saturated heterocycles. The van der Waals surface area contributed by atoms with Gasteiger partial charge in [-0.05, 0) is 18.6 Å². The van der Waals surface area contributed by atoms with Gasteiger partial charge in [0, 0.05) is 12.6 Å². The Balaban J connectivity index is 2.63. The van der Waals surface area contributed by atoms with E-state index in [2.05, 4.69) is 5.32 Å². The second kappa shape index (κ2) is 7.09. The number of alkyl halides is 3. The molecule has 0 saturated carbocycles. The summed E-state index contributed by atoms with van der Waals surface area (Å²) in [5.41, 5.74) is 0.709. The molecule has 0 fully saturated rings. The molecule has 0 aliphatic carbocycles. The predicted molar refractivity (Wildman–Crippen MR) is 67.6 cm³/mol. The second-order valence-electron chi connectivity index (χ2n) is 4.06. The molecule has 20 heavy (non-hydrogen) atoms. The minimum absolute atomic E-state index is 0.0939. The van der Waals surface area contributed by atoms with Crippen LogP contribution >= 0.6 is 0 Å². The molecule has 1 aromatic rings. The van der Waals surface area contributed by atoms with E-state index < -0.39 is 24.1 Å². The van der Waals surface area contributed by atoms with Crippen LogP contribution in [0, 0.1) is 10.1 Å². The molecule has 1 rings (SSSR count). The Kier molecular flexibility index (Phi) is 5.75. The first-order valence-electron chi connectivity index (χ1n) is 5.99. The zero-order chi connectivity index (χ0) is 15.2. The van der Waals surface area contributed by atoms with Gasteiger partial charge in [-0.2, -0.15) is 13.2 Å². The van der Waals surface area contributed by atoms with Crippen molar-refractivity contribution < 1.29 is 22.8 Å². The van der Waals surface area contributed by atoms with Crippen molar-refractivity contribution in [3.63, 3.8) is 0 Å². The van der Waals surface area contributed by atoms with Gasteiger partial charge in [0.05, 0.1) is 24.6 Å². The minimum atomic E-state index is -4.26. The summed E-state index contributed by atoms with van der Waals surface area (Å²) in [4.78, 5) is 10.3. The predicted octanol–water partition coefficient (Wildman–Crippen LogP) is 3.50. The summed E-state index contributed by atoms with van der Waals surface area (Å²) in [5.74, 6) is 0. The van der Waals surface area contributed by atoms with Crippen LogP contribution in [0.5, 0.6) is 0 Å². The van der Waals surface area contributed by atoms with Crippen molar-refractivity contribution in [1.82, 2.24) is 0 Å². The summed E-state index contributed by atoms with van der Waals surface area (Å²) in [7, 11) is 0. The van der Waals surface area contributed by atoms with E-state index in [1.54, 1.807) is 13.0 Å². The summed E-state index contributed by atoms with van der Waals surface area (Å²) < 4.78 is 40.6. The molecule has 0 bridgehead atoms. The van der Waals surface area contributed by atoms with Crippen molar-refractivity contribution in [1.29, 1.82) is 0 Å². The number of anilines is 1. The smallest absolute Gasteiger partial charge is 0.380 e. The van der Waals surface area contributed by atoms with E-state index >= 15 is 0 Å². The van der Waals surface area contributed by atoms with Crippen molar-refractivity contribution in [3.05, 3.63) is 33.9 Å². The van der Waals surface area contributed by atoms with Crippen molar-refractivity contribution in [3.8, 4) is 0 Å². The number of rotatable bonds is 7. The van der Waals surface area contributed by atoms with Crippen molar-refractivity contribution in [2.24, 2.45) is 0 Å². The lowest BCUT2D eigenvalue weighted by atomic mass is 10.2. The van der Waals surface area contributed by atoms with Gasteiger partial charge >= 0.3 is 6.18 Å². The summed E-state index contributed by atoms with van der Waals surface area (Å²) in [6.45, 7) is 1.77. The average Bonchev–Trinajstić information content (AvgIpc) is 2.35. The maximum absolute atomic E-state index is 11.9. The second-order valence-corrected chi connectivity index (χ2v) is 4.06. The first kappa shape index (κ1) is 16.2. The van der Waals surface area contributed by atoms with Crippen LogP contribution in [0.15, 0.2) is 18.2 Å². The third-order valence-electron chi connectivity index (χ3n) is 2.42. The quantitative estimate of drug-likeness (QED) is 0.474. The van der Waals surface area contributed by atoms with E-state index in [0.29, 0.717) is 17.8 Å². The molecule has 0 heterocycles. The van der Waals surface area contributed by atoms with E-state index in [4.69, 9.17) is 4.74 Å². The van der Waals surface area contributed by atoms with Crippen LogP contribution in [-0.4, -0.2) is 24.3 Å². The van der Waals surface area contributed by atoms with Crippen LogP contribution in [-0.2, 0) is 11.3 Å². The number of nitro benzene ring substituents is 1. The fourth-order valence-electron chi connectivity index (χ4n) is 1.54. The fraction of sp³-hybridized carbons (Fsp3) is 0.500. The number of nitro groups is 1. The third kappa shape index (κ3) is 5.43. The number of benzene rings is 1. The highest BCUT2D eigenvalue weighted by atomic mass is 19.4. The molecule has 0 radical (unpaired) electrons. The number of hydrogen-bond acceptors (Lipinski definition) is 4. The van der Waals surface area contributed by atoms with Gasteiger partial charge in [-0.25, -0.2) is 0 Å². The van der Waals surface area contributed by atoms with E-state index in [0.717, 1.165) is 0 Å². The molecule has 0 atom stereocenters. The van der Waals surface area contributed by atoms with Gasteiger partial charge in [0.1, 0.15) is 5.69 Å². The van der Waals surface area contributed by atoms with Gasteiger partial charge in [-0.15, -0.1) is 0 Å².